The molecule has 4 rings (SSSR count). The molecular formula is C23H22ClFN4OS. The molecule has 1 N–H and O–H groups in total. The Morgan fingerprint density at radius 2 is 1.87 bits per heavy atom. The molecule has 0 fully saturated rings. The number of hydrogen-bond acceptors (Lipinski definition) is 4. The molecule has 5 nitrogen and oxygen atoms in total. The lowest BCUT2D eigenvalue weighted by molar-refractivity contribution is 0.395. The van der Waals surface area contributed by atoms with Crippen molar-refractivity contribution in [2.75, 3.05) is 6.54 Å². The Bertz CT molecular complexity index is 1110. The Morgan fingerprint density at radius 3 is 2.55 bits per heavy atom. The number of aromatic nitrogens is 2. The largest absolute Gasteiger partial charge is 0.351 e. The van der Waals surface area contributed by atoms with E-state index in [4.69, 9.17) is 28.3 Å². The molecule has 0 aliphatic carbocycles. The number of unbranched alkanes of at least 4 members (excludes halogenated alkanes) is 1. The first kappa shape index (κ1) is 21.5. The lowest BCUT2D eigenvalue weighted by Gasteiger charge is -2.37. The predicted octanol–water partition coefficient (Wildman–Crippen LogP) is 5.99. The molecule has 0 bridgehead atoms. The van der Waals surface area contributed by atoms with Crippen molar-refractivity contribution >= 4 is 34.5 Å². The van der Waals surface area contributed by atoms with E-state index in [1.54, 1.807) is 24.3 Å². The molecule has 0 amide bonds. The van der Waals surface area contributed by atoms with Gasteiger partial charge in [0.1, 0.15) is 5.82 Å². The normalized spacial score (nSPS) is 16.6. The van der Waals surface area contributed by atoms with Crippen LogP contribution >= 0.6 is 23.8 Å². The van der Waals surface area contributed by atoms with E-state index in [2.05, 4.69) is 27.3 Å². The monoisotopic (exact) mass is 456 g/mol. The molecule has 3 aromatic rings. The molecule has 2 aromatic carbocycles. The topological polar surface area (TPSA) is 54.2 Å². The predicted molar refractivity (Wildman–Crippen MR) is 124 cm³/mol. The Labute approximate surface area is 190 Å². The van der Waals surface area contributed by atoms with E-state index in [1.807, 2.05) is 19.1 Å². The quantitative estimate of drug-likeness (QED) is 0.459. The van der Waals surface area contributed by atoms with Crippen molar-refractivity contribution in [1.29, 1.82) is 0 Å². The van der Waals surface area contributed by atoms with Crippen LogP contribution in [0.25, 0.3) is 17.0 Å². The van der Waals surface area contributed by atoms with E-state index in [9.17, 15) is 4.39 Å². The Morgan fingerprint density at radius 1 is 1.16 bits per heavy atom. The van der Waals surface area contributed by atoms with Gasteiger partial charge in [0.2, 0.25) is 5.82 Å². The molecule has 31 heavy (non-hydrogen) atoms. The summed E-state index contributed by atoms with van der Waals surface area (Å²) < 4.78 is 19.2. The molecule has 1 aliphatic rings. The highest BCUT2D eigenvalue weighted by atomic mass is 35.5. The molecule has 0 radical (unpaired) electrons. The summed E-state index contributed by atoms with van der Waals surface area (Å²) in [5, 5.41) is 8.81. The van der Waals surface area contributed by atoms with Crippen molar-refractivity contribution in [2.45, 2.75) is 32.7 Å². The molecule has 2 heterocycles. The zero-order chi connectivity index (χ0) is 22.0. The van der Waals surface area contributed by atoms with E-state index in [0.717, 1.165) is 41.8 Å². The van der Waals surface area contributed by atoms with Crippen LogP contribution in [-0.4, -0.2) is 26.7 Å². The lowest BCUT2D eigenvalue weighted by atomic mass is 9.94. The zero-order valence-corrected chi connectivity index (χ0v) is 18.8. The number of halogens is 2. The smallest absolute Gasteiger partial charge is 0.258 e. The van der Waals surface area contributed by atoms with Crippen LogP contribution in [0.15, 0.2) is 58.8 Å². The van der Waals surface area contributed by atoms with Crippen LogP contribution in [0, 0.1) is 5.82 Å². The van der Waals surface area contributed by atoms with Gasteiger partial charge in [-0.05, 0) is 67.5 Å². The Kier molecular flexibility index (Phi) is 6.34. The van der Waals surface area contributed by atoms with Gasteiger partial charge in [-0.25, -0.2) is 4.39 Å². The fourth-order valence-electron chi connectivity index (χ4n) is 3.60. The highest BCUT2D eigenvalue weighted by Gasteiger charge is 2.33. The number of nitrogens with zero attached hydrogens (tertiary/aromatic N) is 3. The third kappa shape index (κ3) is 4.48. The van der Waals surface area contributed by atoms with Crippen molar-refractivity contribution < 1.29 is 8.91 Å². The fourth-order valence-corrected chi connectivity index (χ4v) is 4.07. The van der Waals surface area contributed by atoms with E-state index < -0.39 is 0 Å². The third-order valence-corrected chi connectivity index (χ3v) is 5.88. The van der Waals surface area contributed by atoms with Crippen molar-refractivity contribution in [2.24, 2.45) is 0 Å². The summed E-state index contributed by atoms with van der Waals surface area (Å²) in [6.07, 6.45) is 2.04. The van der Waals surface area contributed by atoms with Gasteiger partial charge in [0.05, 0.1) is 11.6 Å². The van der Waals surface area contributed by atoms with Crippen LogP contribution in [-0.2, 0) is 0 Å². The van der Waals surface area contributed by atoms with Gasteiger partial charge in [0.15, 0.2) is 5.11 Å². The number of hydrogen-bond donors (Lipinski definition) is 1. The molecule has 0 spiro atoms. The first-order valence-corrected chi connectivity index (χ1v) is 10.9. The number of benzene rings is 2. The molecule has 160 valence electrons. The van der Waals surface area contributed by atoms with Crippen molar-refractivity contribution in [3.8, 4) is 11.4 Å². The molecule has 0 saturated carbocycles. The standard InChI is InChI=1S/C23H22ClFN4OS/c1-3-4-13-29-14(2)19(20(26-23(29)31)15-7-11-18(25)12-8-15)22-27-21(28-30-22)16-5-9-17(24)10-6-16/h5-12,20H,3-4,13H2,1-2H3,(H,26,31). The van der Waals surface area contributed by atoms with Gasteiger partial charge in [-0.15, -0.1) is 0 Å². The van der Waals surface area contributed by atoms with Crippen LogP contribution in [0.5, 0.6) is 0 Å². The fraction of sp³-hybridized carbons (Fsp3) is 0.261. The van der Waals surface area contributed by atoms with E-state index >= 15 is 0 Å². The summed E-state index contributed by atoms with van der Waals surface area (Å²) in [5.74, 6) is 0.572. The maximum atomic E-state index is 13.5. The summed E-state index contributed by atoms with van der Waals surface area (Å²) >= 11 is 11.6. The molecule has 0 saturated heterocycles. The Hall–Kier alpha value is -2.77. The van der Waals surface area contributed by atoms with E-state index in [-0.39, 0.29) is 11.9 Å². The van der Waals surface area contributed by atoms with Gasteiger partial charge < -0.3 is 14.7 Å². The molecule has 8 heteroatoms. The van der Waals surface area contributed by atoms with Crippen molar-refractivity contribution in [1.82, 2.24) is 20.4 Å². The van der Waals surface area contributed by atoms with Gasteiger partial charge in [0.25, 0.3) is 5.89 Å². The second-order valence-electron chi connectivity index (χ2n) is 7.37. The minimum Gasteiger partial charge on any atom is -0.351 e. The van der Waals surface area contributed by atoms with Gasteiger partial charge in [-0.3, -0.25) is 0 Å². The minimum absolute atomic E-state index is 0.295. The third-order valence-electron chi connectivity index (χ3n) is 5.29. The minimum atomic E-state index is -0.329. The highest BCUT2D eigenvalue weighted by Crippen LogP contribution is 2.37. The van der Waals surface area contributed by atoms with Gasteiger partial charge in [-0.1, -0.05) is 42.2 Å². The van der Waals surface area contributed by atoms with E-state index in [0.29, 0.717) is 21.9 Å². The highest BCUT2D eigenvalue weighted by molar-refractivity contribution is 7.80. The summed E-state index contributed by atoms with van der Waals surface area (Å²) in [4.78, 5) is 6.71. The first-order valence-electron chi connectivity index (χ1n) is 10.1. The lowest BCUT2D eigenvalue weighted by Crippen LogP contribution is -2.46. The molecule has 1 aliphatic heterocycles. The molecular weight excluding hydrogens is 435 g/mol. The molecule has 1 aromatic heterocycles. The average Bonchev–Trinajstić information content (AvgIpc) is 3.24. The van der Waals surface area contributed by atoms with Crippen LogP contribution in [0.3, 0.4) is 0 Å². The average molecular weight is 457 g/mol. The summed E-state index contributed by atoms with van der Waals surface area (Å²) in [6.45, 7) is 4.92. The number of allylic oxidation sites excluding steroid dienone is 1. The van der Waals surface area contributed by atoms with Crippen LogP contribution in [0.2, 0.25) is 5.02 Å². The Balaban J connectivity index is 1.78. The van der Waals surface area contributed by atoms with Gasteiger partial charge in [0, 0.05) is 22.8 Å². The summed E-state index contributed by atoms with van der Waals surface area (Å²) in [6, 6.07) is 13.3. The van der Waals surface area contributed by atoms with E-state index in [1.165, 1.54) is 12.1 Å². The van der Waals surface area contributed by atoms with Crippen molar-refractivity contribution in [3.05, 3.63) is 76.5 Å². The SMILES string of the molecule is CCCCN1C(=S)NC(c2ccc(F)cc2)C(c2nc(-c3ccc(Cl)cc3)no2)=C1C. The number of thiocarbonyl (C=S) groups is 1. The summed E-state index contributed by atoms with van der Waals surface area (Å²) in [7, 11) is 0. The second kappa shape index (κ2) is 9.16. The van der Waals surface area contributed by atoms with Crippen LogP contribution in [0.1, 0.15) is 44.2 Å². The number of rotatable bonds is 6. The molecule has 1 unspecified atom stereocenters. The van der Waals surface area contributed by atoms with Gasteiger partial charge >= 0.3 is 0 Å². The zero-order valence-electron chi connectivity index (χ0n) is 17.2. The van der Waals surface area contributed by atoms with Crippen LogP contribution < -0.4 is 5.32 Å². The first-order chi connectivity index (χ1) is 15.0. The number of nitrogens with one attached hydrogen (secondary N) is 1. The van der Waals surface area contributed by atoms with Crippen molar-refractivity contribution in [3.63, 3.8) is 0 Å². The van der Waals surface area contributed by atoms with Gasteiger partial charge in [-0.2, -0.15) is 4.98 Å². The maximum absolute atomic E-state index is 13.5. The molecule has 1 atom stereocenters. The maximum Gasteiger partial charge on any atom is 0.258 e. The summed E-state index contributed by atoms with van der Waals surface area (Å²) in [5.41, 5.74) is 3.43. The second-order valence-corrected chi connectivity index (χ2v) is 8.19. The van der Waals surface area contributed by atoms with Crippen LogP contribution in [0.4, 0.5) is 4.39 Å².